The first-order valence-corrected chi connectivity index (χ1v) is 9.49. The molecule has 2 amide bonds. The van der Waals surface area contributed by atoms with Crippen LogP contribution in [0.2, 0.25) is 0 Å². The Morgan fingerprint density at radius 2 is 1.77 bits per heavy atom. The van der Waals surface area contributed by atoms with Gasteiger partial charge in [-0.2, -0.15) is 0 Å². The van der Waals surface area contributed by atoms with E-state index in [-0.39, 0.29) is 23.8 Å². The van der Waals surface area contributed by atoms with E-state index in [4.69, 9.17) is 9.47 Å². The molecule has 26 heavy (non-hydrogen) atoms. The molecular formula is C20H26N2O4. The summed E-state index contributed by atoms with van der Waals surface area (Å²) in [4.78, 5) is 28.5. The first-order chi connectivity index (χ1) is 12.6. The molecule has 0 bridgehead atoms. The Kier molecular flexibility index (Phi) is 4.51. The highest BCUT2D eigenvalue weighted by atomic mass is 16.6. The topological polar surface area (TPSA) is 59.1 Å². The molecule has 3 heterocycles. The highest BCUT2D eigenvalue weighted by Crippen LogP contribution is 2.40. The van der Waals surface area contributed by atoms with Crippen LogP contribution in [-0.2, 0) is 9.59 Å². The minimum Gasteiger partial charge on any atom is -0.485 e. The van der Waals surface area contributed by atoms with Crippen molar-refractivity contribution < 1.29 is 19.1 Å². The molecule has 1 unspecified atom stereocenters. The van der Waals surface area contributed by atoms with Gasteiger partial charge in [-0.1, -0.05) is 12.1 Å². The Bertz CT molecular complexity index is 697. The summed E-state index contributed by atoms with van der Waals surface area (Å²) in [5.41, 5.74) is 0.178. The number of carbonyl (C=O) groups is 2. The van der Waals surface area contributed by atoms with Crippen molar-refractivity contribution in [2.75, 3.05) is 32.8 Å². The molecule has 0 radical (unpaired) electrons. The second-order valence-electron chi connectivity index (χ2n) is 7.73. The van der Waals surface area contributed by atoms with Crippen molar-refractivity contribution in [3.63, 3.8) is 0 Å². The van der Waals surface area contributed by atoms with Gasteiger partial charge in [0.25, 0.3) is 5.91 Å². The molecule has 6 heteroatoms. The van der Waals surface area contributed by atoms with E-state index in [0.717, 1.165) is 51.9 Å². The summed E-state index contributed by atoms with van der Waals surface area (Å²) >= 11 is 0. The number of benzene rings is 1. The zero-order valence-electron chi connectivity index (χ0n) is 15.3. The van der Waals surface area contributed by atoms with Crippen LogP contribution in [0.4, 0.5) is 0 Å². The predicted octanol–water partition coefficient (Wildman–Crippen LogP) is 2.08. The van der Waals surface area contributed by atoms with Crippen molar-refractivity contribution in [1.82, 2.24) is 9.80 Å². The zero-order valence-corrected chi connectivity index (χ0v) is 15.3. The van der Waals surface area contributed by atoms with E-state index in [1.165, 1.54) is 0 Å². The van der Waals surface area contributed by atoms with Crippen molar-refractivity contribution in [2.45, 2.75) is 38.7 Å². The van der Waals surface area contributed by atoms with Gasteiger partial charge in [-0.3, -0.25) is 9.59 Å². The molecule has 6 nitrogen and oxygen atoms in total. The van der Waals surface area contributed by atoms with Crippen LogP contribution in [-0.4, -0.2) is 60.5 Å². The number of ether oxygens (including phenoxy) is 2. The molecule has 3 aliphatic heterocycles. The van der Waals surface area contributed by atoms with Gasteiger partial charge in [0.05, 0.1) is 0 Å². The van der Waals surface area contributed by atoms with Gasteiger partial charge in [-0.05, 0) is 43.2 Å². The van der Waals surface area contributed by atoms with Crippen molar-refractivity contribution in [2.24, 2.45) is 5.41 Å². The number of fused-ring (bicyclic) bond motifs is 1. The molecule has 0 saturated carbocycles. The van der Waals surface area contributed by atoms with Crippen molar-refractivity contribution in [3.05, 3.63) is 24.3 Å². The molecule has 1 spiro atoms. The number of likely N-dealkylation sites (tertiary alicyclic amines) is 2. The minimum absolute atomic E-state index is 0.00795. The van der Waals surface area contributed by atoms with Gasteiger partial charge in [0.2, 0.25) is 12.0 Å². The number of rotatable bonds is 1. The predicted molar refractivity (Wildman–Crippen MR) is 96.1 cm³/mol. The number of carbonyl (C=O) groups excluding carboxylic acids is 2. The van der Waals surface area contributed by atoms with Crippen LogP contribution in [0.3, 0.4) is 0 Å². The van der Waals surface area contributed by atoms with Gasteiger partial charge >= 0.3 is 0 Å². The molecule has 0 aliphatic carbocycles. The molecule has 3 aliphatic rings. The number of para-hydroxylation sites is 2. The molecule has 2 fully saturated rings. The Hall–Kier alpha value is -2.24. The van der Waals surface area contributed by atoms with E-state index in [2.05, 4.69) is 0 Å². The van der Waals surface area contributed by atoms with Gasteiger partial charge < -0.3 is 19.3 Å². The van der Waals surface area contributed by atoms with E-state index >= 15 is 0 Å². The van der Waals surface area contributed by atoms with Crippen LogP contribution in [0.25, 0.3) is 0 Å². The quantitative estimate of drug-likeness (QED) is 0.771. The molecule has 0 aromatic heterocycles. The molecular weight excluding hydrogens is 332 g/mol. The summed E-state index contributed by atoms with van der Waals surface area (Å²) in [6, 6.07) is 7.45. The molecule has 4 rings (SSSR count). The molecule has 1 atom stereocenters. The summed E-state index contributed by atoms with van der Waals surface area (Å²) in [7, 11) is 0. The number of piperidine rings is 2. The Balaban J connectivity index is 1.36. The van der Waals surface area contributed by atoms with Crippen molar-refractivity contribution >= 4 is 11.8 Å². The van der Waals surface area contributed by atoms with Gasteiger partial charge in [0.1, 0.15) is 6.61 Å². The maximum atomic E-state index is 12.9. The fourth-order valence-electron chi connectivity index (χ4n) is 4.43. The maximum absolute atomic E-state index is 12.9. The standard InChI is InChI=1S/C20H26N2O4/c1-15(23)22-10-4-7-20(14-22)8-11-21(12-9-20)19(24)18-13-25-16-5-2-3-6-17(16)26-18/h2-3,5-6,18H,4,7-14H2,1H3. The fourth-order valence-corrected chi connectivity index (χ4v) is 4.43. The van der Waals surface area contributed by atoms with Crippen molar-refractivity contribution in [3.8, 4) is 11.5 Å². The van der Waals surface area contributed by atoms with Gasteiger partial charge in [0.15, 0.2) is 11.5 Å². The summed E-state index contributed by atoms with van der Waals surface area (Å²) < 4.78 is 11.5. The van der Waals surface area contributed by atoms with Crippen LogP contribution in [0, 0.1) is 5.41 Å². The Morgan fingerprint density at radius 1 is 1.04 bits per heavy atom. The van der Waals surface area contributed by atoms with Gasteiger partial charge in [-0.15, -0.1) is 0 Å². The first-order valence-electron chi connectivity index (χ1n) is 9.49. The number of amides is 2. The average molecular weight is 358 g/mol. The van der Waals surface area contributed by atoms with E-state index in [1.807, 2.05) is 34.1 Å². The summed E-state index contributed by atoms with van der Waals surface area (Å²) in [5.74, 6) is 1.50. The third kappa shape index (κ3) is 3.24. The van der Waals surface area contributed by atoms with Crippen LogP contribution in [0.1, 0.15) is 32.6 Å². The van der Waals surface area contributed by atoms with E-state index in [1.54, 1.807) is 6.92 Å². The molecule has 2 saturated heterocycles. The average Bonchev–Trinajstić information content (AvgIpc) is 2.68. The lowest BCUT2D eigenvalue weighted by Crippen LogP contribution is -2.54. The molecule has 0 N–H and O–H groups in total. The fraction of sp³-hybridized carbons (Fsp3) is 0.600. The van der Waals surface area contributed by atoms with E-state index < -0.39 is 6.10 Å². The third-order valence-corrected chi connectivity index (χ3v) is 6.03. The highest BCUT2D eigenvalue weighted by Gasteiger charge is 2.41. The Labute approximate surface area is 154 Å². The second kappa shape index (κ2) is 6.82. The normalized spacial score (nSPS) is 24.4. The number of hydrogen-bond donors (Lipinski definition) is 0. The minimum atomic E-state index is -0.570. The lowest BCUT2D eigenvalue weighted by atomic mass is 9.72. The second-order valence-corrected chi connectivity index (χ2v) is 7.73. The highest BCUT2D eigenvalue weighted by molar-refractivity contribution is 5.82. The van der Waals surface area contributed by atoms with Crippen LogP contribution in [0.15, 0.2) is 24.3 Å². The van der Waals surface area contributed by atoms with Crippen LogP contribution < -0.4 is 9.47 Å². The monoisotopic (exact) mass is 358 g/mol. The Morgan fingerprint density at radius 3 is 2.50 bits per heavy atom. The summed E-state index contributed by atoms with van der Waals surface area (Å²) in [5, 5.41) is 0. The van der Waals surface area contributed by atoms with Gasteiger partial charge in [0, 0.05) is 33.1 Å². The lowest BCUT2D eigenvalue weighted by molar-refractivity contribution is -0.145. The maximum Gasteiger partial charge on any atom is 0.267 e. The number of hydrogen-bond acceptors (Lipinski definition) is 4. The van der Waals surface area contributed by atoms with E-state index in [0.29, 0.717) is 11.5 Å². The van der Waals surface area contributed by atoms with Crippen LogP contribution >= 0.6 is 0 Å². The summed E-state index contributed by atoms with van der Waals surface area (Å²) in [6.45, 7) is 5.07. The first kappa shape index (κ1) is 17.2. The summed E-state index contributed by atoms with van der Waals surface area (Å²) in [6.07, 6.45) is 3.54. The van der Waals surface area contributed by atoms with Crippen LogP contribution in [0.5, 0.6) is 11.5 Å². The lowest BCUT2D eigenvalue weighted by Gasteiger charge is -2.48. The molecule has 1 aromatic rings. The number of nitrogens with zero attached hydrogens (tertiary/aromatic N) is 2. The third-order valence-electron chi connectivity index (χ3n) is 6.03. The van der Waals surface area contributed by atoms with Crippen molar-refractivity contribution in [1.29, 1.82) is 0 Å². The van der Waals surface area contributed by atoms with E-state index in [9.17, 15) is 9.59 Å². The largest absolute Gasteiger partial charge is 0.485 e. The van der Waals surface area contributed by atoms with Gasteiger partial charge in [-0.25, -0.2) is 0 Å². The zero-order chi connectivity index (χ0) is 18.1. The molecule has 140 valence electrons. The SMILES string of the molecule is CC(=O)N1CCCC2(CCN(C(=O)C3COc4ccccc4O3)CC2)C1. The molecule has 1 aromatic carbocycles. The smallest absolute Gasteiger partial charge is 0.267 e.